The maximum Gasteiger partial charge on any atom is 0.279 e. The molecule has 0 amide bonds. The Kier molecular flexibility index (Phi) is 7.50. The third-order valence-electron chi connectivity index (χ3n) is 2.78. The first kappa shape index (κ1) is 16.1. The minimum Gasteiger partial charge on any atom is -0.330 e. The molecule has 1 rings (SSSR count). The molecule has 0 radical (unpaired) electrons. The van der Waals surface area contributed by atoms with Crippen molar-refractivity contribution in [3.8, 4) is 0 Å². The van der Waals surface area contributed by atoms with Crippen LogP contribution in [0, 0.1) is 5.92 Å². The van der Waals surface area contributed by atoms with E-state index in [0.717, 1.165) is 19.3 Å². The summed E-state index contributed by atoms with van der Waals surface area (Å²) in [6, 6.07) is 0. The van der Waals surface area contributed by atoms with Crippen LogP contribution in [0.25, 0.3) is 0 Å². The van der Waals surface area contributed by atoms with Crippen LogP contribution in [0.4, 0.5) is 0 Å². The lowest BCUT2D eigenvalue weighted by Crippen LogP contribution is -2.45. The van der Waals surface area contributed by atoms with Gasteiger partial charge >= 0.3 is 0 Å². The summed E-state index contributed by atoms with van der Waals surface area (Å²) in [6.07, 6.45) is 2.57. The van der Waals surface area contributed by atoms with Crippen molar-refractivity contribution in [3.05, 3.63) is 0 Å². The number of nitrogens with two attached hydrogens (primary N) is 1. The number of nitrogens with zero attached hydrogens (tertiary/aromatic N) is 1. The van der Waals surface area contributed by atoms with Crippen LogP contribution in [0.1, 0.15) is 26.2 Å². The van der Waals surface area contributed by atoms with E-state index in [1.165, 1.54) is 4.31 Å². The SMILES string of the molecule is CCCNS(=O)(=O)N1CCC(CN)CC1.Cl. The van der Waals surface area contributed by atoms with Crippen molar-refractivity contribution in [3.63, 3.8) is 0 Å². The van der Waals surface area contributed by atoms with Crippen molar-refractivity contribution in [2.45, 2.75) is 26.2 Å². The first-order valence-electron chi connectivity index (χ1n) is 5.55. The summed E-state index contributed by atoms with van der Waals surface area (Å²) in [7, 11) is -3.23. The fourth-order valence-corrected chi connectivity index (χ4v) is 3.04. The van der Waals surface area contributed by atoms with Crippen LogP contribution in [-0.2, 0) is 10.2 Å². The van der Waals surface area contributed by atoms with Crippen LogP contribution in [0.2, 0.25) is 0 Å². The van der Waals surface area contributed by atoms with E-state index in [0.29, 0.717) is 32.1 Å². The molecule has 0 aromatic carbocycles. The highest BCUT2D eigenvalue weighted by atomic mass is 35.5. The zero-order valence-electron chi connectivity index (χ0n) is 9.68. The molecule has 0 aromatic heterocycles. The Morgan fingerprint density at radius 3 is 2.38 bits per heavy atom. The van der Waals surface area contributed by atoms with Gasteiger partial charge in [0.2, 0.25) is 0 Å². The molecular weight excluding hydrogens is 250 g/mol. The van der Waals surface area contributed by atoms with E-state index in [-0.39, 0.29) is 12.4 Å². The molecule has 0 aliphatic carbocycles. The number of piperidine rings is 1. The van der Waals surface area contributed by atoms with Gasteiger partial charge in [-0.3, -0.25) is 0 Å². The van der Waals surface area contributed by atoms with Gasteiger partial charge in [0, 0.05) is 19.6 Å². The van der Waals surface area contributed by atoms with Gasteiger partial charge in [0.1, 0.15) is 0 Å². The van der Waals surface area contributed by atoms with Crippen molar-refractivity contribution < 1.29 is 8.42 Å². The molecule has 5 nitrogen and oxygen atoms in total. The maximum absolute atomic E-state index is 11.7. The van der Waals surface area contributed by atoms with Gasteiger partial charge in [-0.25, -0.2) is 4.72 Å². The molecule has 7 heteroatoms. The predicted molar refractivity (Wildman–Crippen MR) is 67.8 cm³/mol. The summed E-state index contributed by atoms with van der Waals surface area (Å²) in [4.78, 5) is 0. The largest absolute Gasteiger partial charge is 0.330 e. The van der Waals surface area contributed by atoms with Gasteiger partial charge in [0.15, 0.2) is 0 Å². The second-order valence-corrected chi connectivity index (χ2v) is 5.73. The van der Waals surface area contributed by atoms with E-state index < -0.39 is 10.2 Å². The molecule has 0 spiro atoms. The summed E-state index contributed by atoms with van der Waals surface area (Å²) in [5.41, 5.74) is 5.55. The molecule has 98 valence electrons. The third kappa shape index (κ3) is 4.55. The normalized spacial score (nSPS) is 19.4. The average Bonchev–Trinajstić information content (AvgIpc) is 2.26. The van der Waals surface area contributed by atoms with E-state index in [1.807, 2.05) is 6.92 Å². The van der Waals surface area contributed by atoms with Gasteiger partial charge in [-0.2, -0.15) is 12.7 Å². The average molecular weight is 272 g/mol. The van der Waals surface area contributed by atoms with Crippen molar-refractivity contribution in [2.75, 3.05) is 26.2 Å². The van der Waals surface area contributed by atoms with Gasteiger partial charge in [0.25, 0.3) is 10.2 Å². The molecule has 1 aliphatic rings. The zero-order chi connectivity index (χ0) is 11.3. The minimum atomic E-state index is -3.23. The third-order valence-corrected chi connectivity index (χ3v) is 4.40. The van der Waals surface area contributed by atoms with Crippen LogP contribution in [-0.4, -0.2) is 38.9 Å². The molecule has 1 heterocycles. The van der Waals surface area contributed by atoms with Gasteiger partial charge in [0.05, 0.1) is 0 Å². The van der Waals surface area contributed by atoms with Crippen molar-refractivity contribution >= 4 is 22.6 Å². The number of halogens is 1. The van der Waals surface area contributed by atoms with Crippen molar-refractivity contribution in [2.24, 2.45) is 11.7 Å². The first-order valence-corrected chi connectivity index (χ1v) is 6.99. The topological polar surface area (TPSA) is 75.4 Å². The molecule has 1 aliphatic heterocycles. The summed E-state index contributed by atoms with van der Waals surface area (Å²) >= 11 is 0. The monoisotopic (exact) mass is 271 g/mol. The molecule has 16 heavy (non-hydrogen) atoms. The quantitative estimate of drug-likeness (QED) is 0.756. The van der Waals surface area contributed by atoms with E-state index in [1.54, 1.807) is 0 Å². The highest BCUT2D eigenvalue weighted by Gasteiger charge is 2.26. The minimum absolute atomic E-state index is 0. The molecule has 1 saturated heterocycles. The molecule has 1 fully saturated rings. The summed E-state index contributed by atoms with van der Waals surface area (Å²) in [6.45, 7) is 4.32. The molecular formula is C9H22ClN3O2S. The summed E-state index contributed by atoms with van der Waals surface area (Å²) < 4.78 is 27.5. The molecule has 0 saturated carbocycles. The van der Waals surface area contributed by atoms with Crippen LogP contribution in [0.15, 0.2) is 0 Å². The van der Waals surface area contributed by atoms with Gasteiger partial charge in [-0.05, 0) is 31.7 Å². The molecule has 0 aromatic rings. The van der Waals surface area contributed by atoms with Gasteiger partial charge < -0.3 is 5.73 Å². The van der Waals surface area contributed by atoms with E-state index >= 15 is 0 Å². The number of hydrogen-bond acceptors (Lipinski definition) is 3. The highest BCUT2D eigenvalue weighted by Crippen LogP contribution is 2.17. The van der Waals surface area contributed by atoms with Crippen LogP contribution < -0.4 is 10.5 Å². The van der Waals surface area contributed by atoms with Crippen molar-refractivity contribution in [1.29, 1.82) is 0 Å². The first-order chi connectivity index (χ1) is 7.10. The van der Waals surface area contributed by atoms with E-state index in [4.69, 9.17) is 5.73 Å². The number of hydrogen-bond donors (Lipinski definition) is 2. The molecule has 0 atom stereocenters. The predicted octanol–water partition coefficient (Wildman–Crippen LogP) is 0.323. The van der Waals surface area contributed by atoms with Crippen LogP contribution in [0.5, 0.6) is 0 Å². The van der Waals surface area contributed by atoms with Crippen molar-refractivity contribution in [1.82, 2.24) is 9.03 Å². The van der Waals surface area contributed by atoms with Gasteiger partial charge in [-0.1, -0.05) is 6.92 Å². The van der Waals surface area contributed by atoms with E-state index in [9.17, 15) is 8.42 Å². The van der Waals surface area contributed by atoms with Gasteiger partial charge in [-0.15, -0.1) is 12.4 Å². The Balaban J connectivity index is 0.00000225. The Hall–Kier alpha value is 0.120. The number of nitrogens with one attached hydrogen (secondary N) is 1. The standard InChI is InChI=1S/C9H21N3O2S.ClH/c1-2-5-11-15(13,14)12-6-3-9(8-10)4-7-12;/h9,11H,2-8,10H2,1H3;1H. The van der Waals surface area contributed by atoms with Crippen LogP contribution in [0.3, 0.4) is 0 Å². The fourth-order valence-electron chi connectivity index (χ4n) is 1.71. The molecule has 3 N–H and O–H groups in total. The highest BCUT2D eigenvalue weighted by molar-refractivity contribution is 7.87. The molecule has 0 unspecified atom stereocenters. The Bertz CT molecular complexity index is 276. The summed E-state index contributed by atoms with van der Waals surface area (Å²) in [5.74, 6) is 0.489. The Labute approximate surface area is 104 Å². The fraction of sp³-hybridized carbons (Fsp3) is 1.00. The Morgan fingerprint density at radius 1 is 1.38 bits per heavy atom. The smallest absolute Gasteiger partial charge is 0.279 e. The maximum atomic E-state index is 11.7. The lowest BCUT2D eigenvalue weighted by molar-refractivity contribution is 0.276. The second-order valence-electron chi connectivity index (χ2n) is 3.98. The zero-order valence-corrected chi connectivity index (χ0v) is 11.3. The molecule has 0 bridgehead atoms. The second kappa shape index (κ2) is 7.45. The Morgan fingerprint density at radius 2 is 1.94 bits per heavy atom. The lowest BCUT2D eigenvalue weighted by Gasteiger charge is -2.30. The van der Waals surface area contributed by atoms with E-state index in [2.05, 4.69) is 4.72 Å². The summed E-state index contributed by atoms with van der Waals surface area (Å²) in [5, 5.41) is 0. The number of rotatable bonds is 5. The van der Waals surface area contributed by atoms with Crippen LogP contribution >= 0.6 is 12.4 Å². The lowest BCUT2D eigenvalue weighted by atomic mass is 9.99.